The first-order valence-corrected chi connectivity index (χ1v) is 8.79. The fraction of sp³-hybridized carbons (Fsp3) is 0.435. The van der Waals surface area contributed by atoms with E-state index >= 15 is 0 Å². The number of hydrogen-bond acceptors (Lipinski definition) is 2. The summed E-state index contributed by atoms with van der Waals surface area (Å²) >= 11 is 0. The maximum atomic E-state index is 12.6. The summed E-state index contributed by atoms with van der Waals surface area (Å²) in [6.45, 7) is 12.2. The monoisotopic (exact) mass is 336 g/mol. The van der Waals surface area contributed by atoms with Crippen LogP contribution < -0.4 is 0 Å². The van der Waals surface area contributed by atoms with Crippen molar-refractivity contribution in [2.75, 3.05) is 0 Å². The van der Waals surface area contributed by atoms with Gasteiger partial charge in [-0.2, -0.15) is 0 Å². The summed E-state index contributed by atoms with van der Waals surface area (Å²) in [4.78, 5) is 12.6. The summed E-state index contributed by atoms with van der Waals surface area (Å²) in [5, 5.41) is 0. The highest BCUT2D eigenvalue weighted by molar-refractivity contribution is 5.79. The molecule has 2 heteroatoms. The van der Waals surface area contributed by atoms with Gasteiger partial charge in [0.25, 0.3) is 0 Å². The molecule has 1 aromatic carbocycles. The second-order valence-corrected chi connectivity index (χ2v) is 7.54. The van der Waals surface area contributed by atoms with Crippen LogP contribution >= 0.6 is 0 Å². The number of hydrogen-bond donors (Lipinski definition) is 0. The van der Waals surface area contributed by atoms with Gasteiger partial charge in [0, 0.05) is 0 Å². The zero-order valence-electron chi connectivity index (χ0n) is 16.1. The molecule has 0 spiro atoms. The van der Waals surface area contributed by atoms with Crippen molar-refractivity contribution in [3.05, 3.63) is 53.1 Å². The van der Waals surface area contributed by atoms with Gasteiger partial charge in [-0.25, -0.2) is 0 Å². The predicted molar refractivity (Wildman–Crippen MR) is 104 cm³/mol. The number of carbonyl (C=O) groups is 1. The first kappa shape index (κ1) is 19.1. The maximum Gasteiger partial charge on any atom is 0.311 e. The minimum Gasteiger partial charge on any atom is -0.445 e. The van der Waals surface area contributed by atoms with Crippen LogP contribution in [0.15, 0.2) is 42.0 Å². The van der Waals surface area contributed by atoms with E-state index in [2.05, 4.69) is 58.6 Å². The Hall–Kier alpha value is -2.27. The molecule has 1 fully saturated rings. The van der Waals surface area contributed by atoms with Crippen LogP contribution in [-0.4, -0.2) is 12.1 Å². The van der Waals surface area contributed by atoms with Crippen LogP contribution in [0.3, 0.4) is 0 Å². The summed E-state index contributed by atoms with van der Waals surface area (Å²) in [7, 11) is 0. The van der Waals surface area contributed by atoms with Crippen molar-refractivity contribution in [2.45, 2.75) is 47.6 Å². The topological polar surface area (TPSA) is 26.3 Å². The van der Waals surface area contributed by atoms with Gasteiger partial charge < -0.3 is 4.74 Å². The van der Waals surface area contributed by atoms with Gasteiger partial charge in [0.1, 0.15) is 0 Å². The number of carbonyl (C=O) groups excluding carboxylic acids is 1. The molecule has 1 saturated carbocycles. The second kappa shape index (κ2) is 7.74. The van der Waals surface area contributed by atoms with Crippen molar-refractivity contribution in [1.29, 1.82) is 0 Å². The molecule has 1 aliphatic rings. The van der Waals surface area contributed by atoms with Crippen LogP contribution in [-0.2, 0) is 9.53 Å². The molecule has 3 atom stereocenters. The first-order chi connectivity index (χ1) is 11.8. The molecular formula is C23H28O2. The Labute approximate surface area is 152 Å². The number of allylic oxidation sites excluding steroid dienone is 2. The van der Waals surface area contributed by atoms with Crippen LogP contribution in [0, 0.1) is 36.0 Å². The molecule has 132 valence electrons. The van der Waals surface area contributed by atoms with E-state index in [1.165, 1.54) is 11.1 Å². The van der Waals surface area contributed by atoms with Crippen molar-refractivity contribution in [2.24, 2.45) is 17.3 Å². The standard InChI is InChI=1S/C23H28O2/c1-7-10-19(14-13-18-12-9-8-11-17(18)4)25-22(24)21-20(15-16(2)3)23(21,5)6/h8-9,11-15,19-21H,1-6H3/b14-13+. The molecule has 0 saturated heterocycles. The largest absolute Gasteiger partial charge is 0.445 e. The van der Waals surface area contributed by atoms with E-state index in [4.69, 9.17) is 4.74 Å². The minimum absolute atomic E-state index is 0.0434. The van der Waals surface area contributed by atoms with Gasteiger partial charge >= 0.3 is 5.97 Å². The lowest BCUT2D eigenvalue weighted by Crippen LogP contribution is -2.18. The van der Waals surface area contributed by atoms with E-state index in [9.17, 15) is 4.79 Å². The Balaban J connectivity index is 2.09. The molecule has 0 bridgehead atoms. The lowest BCUT2D eigenvalue weighted by atomic mass is 10.1. The van der Waals surface area contributed by atoms with Gasteiger partial charge in [-0.05, 0) is 56.2 Å². The molecular weight excluding hydrogens is 308 g/mol. The Morgan fingerprint density at radius 1 is 1.28 bits per heavy atom. The van der Waals surface area contributed by atoms with E-state index in [0.717, 1.165) is 5.56 Å². The summed E-state index contributed by atoms with van der Waals surface area (Å²) in [6, 6.07) is 8.10. The molecule has 0 N–H and O–H groups in total. The average molecular weight is 336 g/mol. The van der Waals surface area contributed by atoms with Crippen LogP contribution in [0.2, 0.25) is 0 Å². The zero-order valence-corrected chi connectivity index (χ0v) is 16.1. The molecule has 1 aromatic rings. The normalized spacial score (nSPS) is 21.8. The van der Waals surface area contributed by atoms with Gasteiger partial charge in [0.05, 0.1) is 5.92 Å². The van der Waals surface area contributed by atoms with E-state index in [1.807, 2.05) is 30.4 Å². The van der Waals surface area contributed by atoms with Crippen LogP contribution in [0.25, 0.3) is 6.08 Å². The van der Waals surface area contributed by atoms with Crippen LogP contribution in [0.4, 0.5) is 0 Å². The Morgan fingerprint density at radius 3 is 2.56 bits per heavy atom. The van der Waals surface area contributed by atoms with E-state index < -0.39 is 6.10 Å². The fourth-order valence-electron chi connectivity index (χ4n) is 3.22. The van der Waals surface area contributed by atoms with Crippen LogP contribution in [0.1, 0.15) is 45.7 Å². The summed E-state index contributed by atoms with van der Waals surface area (Å²) < 4.78 is 5.70. The quantitative estimate of drug-likeness (QED) is 0.420. The smallest absolute Gasteiger partial charge is 0.311 e. The number of aryl methyl sites for hydroxylation is 1. The maximum absolute atomic E-state index is 12.6. The van der Waals surface area contributed by atoms with E-state index in [1.54, 1.807) is 6.92 Å². The molecule has 1 aliphatic carbocycles. The van der Waals surface area contributed by atoms with Crippen molar-refractivity contribution < 1.29 is 9.53 Å². The van der Waals surface area contributed by atoms with Gasteiger partial charge in [-0.3, -0.25) is 4.79 Å². The molecule has 25 heavy (non-hydrogen) atoms. The van der Waals surface area contributed by atoms with Crippen molar-refractivity contribution in [3.8, 4) is 11.8 Å². The number of rotatable bonds is 5. The fourth-order valence-corrected chi connectivity index (χ4v) is 3.22. The highest BCUT2D eigenvalue weighted by Crippen LogP contribution is 2.59. The van der Waals surface area contributed by atoms with Gasteiger partial charge in [0.15, 0.2) is 6.10 Å². The Kier molecular flexibility index (Phi) is 5.90. The Morgan fingerprint density at radius 2 is 1.96 bits per heavy atom. The van der Waals surface area contributed by atoms with E-state index in [-0.39, 0.29) is 23.2 Å². The molecule has 0 aromatic heterocycles. The lowest BCUT2D eigenvalue weighted by Gasteiger charge is -2.10. The summed E-state index contributed by atoms with van der Waals surface area (Å²) in [5.41, 5.74) is 3.48. The number of esters is 1. The SMILES string of the molecule is CC#CC(/C=C/c1ccccc1C)OC(=O)C1C(C=C(C)C)C1(C)C. The summed E-state index contributed by atoms with van der Waals surface area (Å²) in [5.74, 6) is 5.84. The van der Waals surface area contributed by atoms with Gasteiger partial charge in [0.2, 0.25) is 0 Å². The zero-order chi connectivity index (χ0) is 18.6. The summed E-state index contributed by atoms with van der Waals surface area (Å²) in [6.07, 6.45) is 5.50. The van der Waals surface area contributed by atoms with Gasteiger partial charge in [-0.15, -0.1) is 5.92 Å². The molecule has 2 nitrogen and oxygen atoms in total. The average Bonchev–Trinajstić information content (AvgIpc) is 3.06. The van der Waals surface area contributed by atoms with Gasteiger partial charge in [-0.1, -0.05) is 61.8 Å². The van der Waals surface area contributed by atoms with E-state index in [0.29, 0.717) is 0 Å². The third kappa shape index (κ3) is 4.63. The lowest BCUT2D eigenvalue weighted by molar-refractivity contribution is -0.147. The second-order valence-electron chi connectivity index (χ2n) is 7.54. The number of benzene rings is 1. The molecule has 3 unspecified atom stereocenters. The predicted octanol–water partition coefficient (Wildman–Crippen LogP) is 5.18. The third-order valence-corrected chi connectivity index (χ3v) is 4.85. The van der Waals surface area contributed by atoms with Crippen molar-refractivity contribution in [1.82, 2.24) is 0 Å². The highest BCUT2D eigenvalue weighted by atomic mass is 16.5. The Bertz CT molecular complexity index is 752. The molecule has 2 rings (SSSR count). The number of ether oxygens (including phenoxy) is 1. The van der Waals surface area contributed by atoms with Crippen molar-refractivity contribution in [3.63, 3.8) is 0 Å². The molecule has 0 amide bonds. The minimum atomic E-state index is -0.513. The third-order valence-electron chi connectivity index (χ3n) is 4.85. The molecule has 0 radical (unpaired) electrons. The molecule has 0 aliphatic heterocycles. The highest BCUT2D eigenvalue weighted by Gasteiger charge is 2.61. The van der Waals surface area contributed by atoms with Crippen molar-refractivity contribution >= 4 is 12.0 Å². The van der Waals surface area contributed by atoms with Crippen LogP contribution in [0.5, 0.6) is 0 Å². The first-order valence-electron chi connectivity index (χ1n) is 8.79. The molecule has 0 heterocycles.